The zero-order valence-electron chi connectivity index (χ0n) is 15.5. The summed E-state index contributed by atoms with van der Waals surface area (Å²) in [5, 5.41) is 15.3. The Hall–Kier alpha value is -3.74. The van der Waals surface area contributed by atoms with Gasteiger partial charge in [-0.05, 0) is 49.8 Å². The predicted octanol–water partition coefficient (Wildman–Crippen LogP) is 4.42. The summed E-state index contributed by atoms with van der Waals surface area (Å²) in [6.07, 6.45) is 3.15. The van der Waals surface area contributed by atoms with E-state index >= 15 is 0 Å². The van der Waals surface area contributed by atoms with Crippen LogP contribution < -0.4 is 0 Å². The Balaban J connectivity index is 1.77. The van der Waals surface area contributed by atoms with Gasteiger partial charge in [-0.3, -0.25) is 14.9 Å². The highest BCUT2D eigenvalue weighted by Gasteiger charge is 2.21. The van der Waals surface area contributed by atoms with Crippen LogP contribution in [-0.2, 0) is 6.54 Å². The van der Waals surface area contributed by atoms with Crippen LogP contribution in [0.1, 0.15) is 28.5 Å². The molecule has 0 aliphatic rings. The number of aryl methyl sites for hydroxylation is 2. The molecule has 28 heavy (non-hydrogen) atoms. The maximum Gasteiger partial charge on any atom is 0.269 e. The molecule has 7 nitrogen and oxygen atoms in total. The molecule has 0 unspecified atom stereocenters. The van der Waals surface area contributed by atoms with E-state index in [9.17, 15) is 14.9 Å². The highest BCUT2D eigenvalue weighted by molar-refractivity contribution is 6.12. The van der Waals surface area contributed by atoms with Crippen LogP contribution in [0, 0.1) is 17.0 Å². The third-order valence-electron chi connectivity index (χ3n) is 4.79. The smallest absolute Gasteiger partial charge is 0.269 e. The number of nitrogens with zero attached hydrogens (tertiary/aromatic N) is 4. The largest absolute Gasteiger partial charge is 0.324 e. The molecular formula is C21H18N4O3. The molecule has 2 aromatic carbocycles. The molecule has 2 heterocycles. The molecule has 0 amide bonds. The van der Waals surface area contributed by atoms with Gasteiger partial charge in [-0.2, -0.15) is 5.10 Å². The summed E-state index contributed by atoms with van der Waals surface area (Å²) in [5.74, 6) is -0.150. The van der Waals surface area contributed by atoms with Crippen molar-refractivity contribution < 1.29 is 9.72 Å². The number of imidazole rings is 1. The first-order chi connectivity index (χ1) is 13.5. The molecule has 0 saturated carbocycles. The normalized spacial score (nSPS) is 11.6. The number of carbonyl (C=O) groups excluding carboxylic acids is 1. The average molecular weight is 374 g/mol. The Morgan fingerprint density at radius 3 is 2.46 bits per heavy atom. The first kappa shape index (κ1) is 17.7. The van der Waals surface area contributed by atoms with Gasteiger partial charge in [0, 0.05) is 18.7 Å². The second-order valence-corrected chi connectivity index (χ2v) is 6.48. The Bertz CT molecular complexity index is 1250. The van der Waals surface area contributed by atoms with Gasteiger partial charge < -0.3 is 4.57 Å². The summed E-state index contributed by atoms with van der Waals surface area (Å²) in [6.45, 7) is 4.58. The minimum Gasteiger partial charge on any atom is -0.324 e. The van der Waals surface area contributed by atoms with Crippen LogP contribution in [0.2, 0.25) is 0 Å². The number of allylic oxidation sites excluding steroid dienone is 1. The van der Waals surface area contributed by atoms with Gasteiger partial charge in [0.1, 0.15) is 5.65 Å². The molecule has 0 N–H and O–H groups in total. The monoisotopic (exact) mass is 374 g/mol. The summed E-state index contributed by atoms with van der Waals surface area (Å²) in [4.78, 5) is 23.3. The van der Waals surface area contributed by atoms with Crippen molar-refractivity contribution in [1.82, 2.24) is 14.2 Å². The lowest BCUT2D eigenvalue weighted by Crippen LogP contribution is -2.02. The lowest BCUT2D eigenvalue weighted by molar-refractivity contribution is -0.384. The molecule has 4 aromatic rings. The van der Waals surface area contributed by atoms with E-state index < -0.39 is 4.92 Å². The molecule has 0 spiro atoms. The van der Waals surface area contributed by atoms with E-state index in [2.05, 4.69) is 9.67 Å². The fourth-order valence-electron chi connectivity index (χ4n) is 3.49. The predicted molar refractivity (Wildman–Crippen MR) is 108 cm³/mol. The molecule has 2 aromatic heterocycles. The number of nitro benzene ring substituents is 1. The summed E-state index contributed by atoms with van der Waals surface area (Å²) in [6, 6.07) is 14.0. The van der Waals surface area contributed by atoms with Crippen molar-refractivity contribution in [2.75, 3.05) is 0 Å². The third-order valence-corrected chi connectivity index (χ3v) is 4.79. The van der Waals surface area contributed by atoms with Crippen molar-refractivity contribution in [1.29, 1.82) is 0 Å². The lowest BCUT2D eigenvalue weighted by atomic mass is 10.1. The van der Waals surface area contributed by atoms with E-state index in [1.165, 1.54) is 18.2 Å². The molecule has 0 saturated heterocycles. The Kier molecular flexibility index (Phi) is 4.27. The lowest BCUT2D eigenvalue weighted by Gasteiger charge is -2.03. The number of aromatic nitrogens is 3. The number of rotatable bonds is 5. The fraction of sp³-hybridized carbons (Fsp3) is 0.143. The minimum atomic E-state index is -0.449. The Morgan fingerprint density at radius 1 is 1.14 bits per heavy atom. The molecule has 140 valence electrons. The molecule has 0 aliphatic heterocycles. The van der Waals surface area contributed by atoms with Crippen molar-refractivity contribution in [3.8, 4) is 0 Å². The molecular weight excluding hydrogens is 356 g/mol. The number of nitro groups is 1. The highest BCUT2D eigenvalue weighted by Crippen LogP contribution is 2.26. The van der Waals surface area contributed by atoms with Gasteiger partial charge in [0.15, 0.2) is 5.78 Å². The number of carbonyl (C=O) groups is 1. The maximum atomic E-state index is 13.0. The van der Waals surface area contributed by atoms with E-state index in [1.54, 1.807) is 18.2 Å². The van der Waals surface area contributed by atoms with Crippen molar-refractivity contribution >= 4 is 34.2 Å². The summed E-state index contributed by atoms with van der Waals surface area (Å²) < 4.78 is 3.91. The van der Waals surface area contributed by atoms with Crippen LogP contribution in [-0.4, -0.2) is 24.9 Å². The van der Waals surface area contributed by atoms with Gasteiger partial charge in [0.05, 0.1) is 27.2 Å². The number of hydrogen-bond donors (Lipinski definition) is 0. The first-order valence-corrected chi connectivity index (χ1v) is 8.94. The van der Waals surface area contributed by atoms with Crippen LogP contribution >= 0.6 is 0 Å². The summed E-state index contributed by atoms with van der Waals surface area (Å²) in [7, 11) is 0. The van der Waals surface area contributed by atoms with Gasteiger partial charge >= 0.3 is 0 Å². The van der Waals surface area contributed by atoms with E-state index in [0.717, 1.165) is 22.2 Å². The van der Waals surface area contributed by atoms with E-state index in [-0.39, 0.29) is 11.5 Å². The number of benzene rings is 2. The molecule has 7 heteroatoms. The van der Waals surface area contributed by atoms with Crippen molar-refractivity contribution in [3.05, 3.63) is 81.5 Å². The quantitative estimate of drug-likeness (QED) is 0.224. The molecule has 4 rings (SSSR count). The fourth-order valence-corrected chi connectivity index (χ4v) is 3.49. The molecule has 0 fully saturated rings. The van der Waals surface area contributed by atoms with Crippen molar-refractivity contribution in [3.63, 3.8) is 0 Å². The molecule has 0 bridgehead atoms. The standard InChI is InChI=1S/C21H18N4O3/c1-3-23-17-6-4-5-7-18(17)24-21(23)20(14(2)22-24)19(26)13-10-15-8-11-16(12-9-15)25(27)28/h4-13H,3H2,1-2H3. The summed E-state index contributed by atoms with van der Waals surface area (Å²) >= 11 is 0. The Morgan fingerprint density at radius 2 is 1.82 bits per heavy atom. The van der Waals surface area contributed by atoms with Gasteiger partial charge in [-0.25, -0.2) is 4.52 Å². The van der Waals surface area contributed by atoms with Crippen LogP contribution in [0.25, 0.3) is 22.8 Å². The average Bonchev–Trinajstić information content (AvgIpc) is 3.19. The third kappa shape index (κ3) is 2.77. The number of ketones is 1. The minimum absolute atomic E-state index is 0.0186. The van der Waals surface area contributed by atoms with E-state index in [4.69, 9.17) is 0 Å². The van der Waals surface area contributed by atoms with Gasteiger partial charge in [0.2, 0.25) is 0 Å². The zero-order chi connectivity index (χ0) is 19.8. The molecule has 0 radical (unpaired) electrons. The topological polar surface area (TPSA) is 82.4 Å². The van der Waals surface area contributed by atoms with Crippen LogP contribution in [0.4, 0.5) is 5.69 Å². The second-order valence-electron chi connectivity index (χ2n) is 6.48. The number of hydrogen-bond acceptors (Lipinski definition) is 4. The van der Waals surface area contributed by atoms with Crippen molar-refractivity contribution in [2.45, 2.75) is 20.4 Å². The van der Waals surface area contributed by atoms with E-state index in [1.807, 2.05) is 42.6 Å². The second kappa shape index (κ2) is 6.77. The summed E-state index contributed by atoms with van der Waals surface area (Å²) in [5.41, 5.74) is 4.74. The van der Waals surface area contributed by atoms with Gasteiger partial charge in [-0.1, -0.05) is 18.2 Å². The SMILES string of the molecule is CCn1c2ccccc2n2nc(C)c(C(=O)C=Cc3ccc([N+](=O)[O-])cc3)c12. The molecule has 0 atom stereocenters. The Labute approximate surface area is 160 Å². The highest BCUT2D eigenvalue weighted by atomic mass is 16.6. The zero-order valence-corrected chi connectivity index (χ0v) is 15.5. The van der Waals surface area contributed by atoms with Gasteiger partial charge in [0.25, 0.3) is 5.69 Å². The maximum absolute atomic E-state index is 13.0. The number of fused-ring (bicyclic) bond motifs is 3. The van der Waals surface area contributed by atoms with Crippen LogP contribution in [0.3, 0.4) is 0 Å². The van der Waals surface area contributed by atoms with Crippen LogP contribution in [0.15, 0.2) is 54.6 Å². The van der Waals surface area contributed by atoms with E-state index in [0.29, 0.717) is 17.8 Å². The number of para-hydroxylation sites is 2. The van der Waals surface area contributed by atoms with Crippen molar-refractivity contribution in [2.24, 2.45) is 0 Å². The van der Waals surface area contributed by atoms with Crippen LogP contribution in [0.5, 0.6) is 0 Å². The van der Waals surface area contributed by atoms with Gasteiger partial charge in [-0.15, -0.1) is 0 Å². The number of non-ortho nitro benzene ring substituents is 1. The molecule has 0 aliphatic carbocycles. The first-order valence-electron chi connectivity index (χ1n) is 8.94.